The van der Waals surface area contributed by atoms with Crippen LogP contribution in [0.25, 0.3) is 16.3 Å². The highest BCUT2D eigenvalue weighted by atomic mass is 32.1. The van der Waals surface area contributed by atoms with Gasteiger partial charge in [-0.05, 0) is 80.1 Å². The Morgan fingerprint density at radius 2 is 1.83 bits per heavy atom. The van der Waals surface area contributed by atoms with Gasteiger partial charge in [-0.25, -0.2) is 4.79 Å². The van der Waals surface area contributed by atoms with Gasteiger partial charge in [0.05, 0.1) is 28.8 Å². The quantitative estimate of drug-likeness (QED) is 0.336. The minimum atomic E-state index is -0.461. The van der Waals surface area contributed by atoms with E-state index >= 15 is 0 Å². The molecule has 1 N–H and O–H groups in total. The maximum atomic E-state index is 13.4. The second-order valence-electron chi connectivity index (χ2n) is 8.47. The fourth-order valence-corrected chi connectivity index (χ4v) is 5.07. The summed E-state index contributed by atoms with van der Waals surface area (Å²) >= 11 is 1.55. The molecular weight excluding hydrogens is 460 g/mol. The smallest absolute Gasteiger partial charge is 0.326 e. The molecule has 1 aliphatic rings. The number of allylic oxidation sites excluding steroid dienone is 1. The van der Waals surface area contributed by atoms with E-state index in [0.29, 0.717) is 18.3 Å². The van der Waals surface area contributed by atoms with Crippen molar-refractivity contribution < 1.29 is 14.1 Å². The summed E-state index contributed by atoms with van der Waals surface area (Å²) in [5, 5.41) is 9.35. The molecule has 0 fully saturated rings. The van der Waals surface area contributed by atoms with E-state index in [-0.39, 0.29) is 6.03 Å². The molecule has 4 aromatic rings. The number of hydrogen-bond acceptors (Lipinski definition) is 6. The number of carbonyl (C=O) groups excluding carboxylic acids is 1. The number of hydrogen-bond donors (Lipinski definition) is 1. The summed E-state index contributed by atoms with van der Waals surface area (Å²) in [6.07, 6.45) is 0. The molecule has 3 heterocycles. The van der Waals surface area contributed by atoms with Crippen LogP contribution in [0.5, 0.6) is 5.75 Å². The van der Waals surface area contributed by atoms with Crippen molar-refractivity contribution in [1.29, 1.82) is 0 Å². The summed E-state index contributed by atoms with van der Waals surface area (Å²) in [5.41, 5.74) is 5.33. The SMILES string of the molecule is CCOc1ccc(C2NC(=O)N(c3cc(C)cc(C)c3)C(C)=C2c2nc(-c3cccs3)no2)cc1. The molecule has 35 heavy (non-hydrogen) atoms. The lowest BCUT2D eigenvalue weighted by Crippen LogP contribution is -2.46. The van der Waals surface area contributed by atoms with Crippen LogP contribution < -0.4 is 15.0 Å². The first-order valence-corrected chi connectivity index (χ1v) is 12.3. The second kappa shape index (κ2) is 9.38. The molecule has 1 atom stereocenters. The van der Waals surface area contributed by atoms with Crippen molar-refractivity contribution in [2.45, 2.75) is 33.7 Å². The van der Waals surface area contributed by atoms with E-state index in [0.717, 1.165) is 44.3 Å². The first-order chi connectivity index (χ1) is 16.9. The molecule has 2 aromatic heterocycles. The minimum absolute atomic E-state index is 0.215. The number of nitrogens with zero attached hydrogens (tertiary/aromatic N) is 3. The number of aromatic nitrogens is 2. The zero-order valence-electron chi connectivity index (χ0n) is 20.0. The van der Waals surface area contributed by atoms with Gasteiger partial charge in [-0.1, -0.05) is 29.4 Å². The molecule has 0 aliphatic carbocycles. The Morgan fingerprint density at radius 3 is 2.49 bits per heavy atom. The van der Waals surface area contributed by atoms with Gasteiger partial charge in [0.25, 0.3) is 5.89 Å². The monoisotopic (exact) mass is 486 g/mol. The molecule has 2 amide bonds. The third-order valence-corrected chi connectivity index (χ3v) is 6.74. The first-order valence-electron chi connectivity index (χ1n) is 11.4. The lowest BCUT2D eigenvalue weighted by atomic mass is 9.94. The van der Waals surface area contributed by atoms with Crippen molar-refractivity contribution in [2.75, 3.05) is 11.5 Å². The van der Waals surface area contributed by atoms with Gasteiger partial charge < -0.3 is 14.6 Å². The predicted octanol–water partition coefficient (Wildman–Crippen LogP) is 6.52. The Labute approximate surface area is 208 Å². The first kappa shape index (κ1) is 22.9. The van der Waals surface area contributed by atoms with E-state index in [2.05, 4.69) is 16.5 Å². The molecule has 0 saturated heterocycles. The van der Waals surface area contributed by atoms with Crippen molar-refractivity contribution in [2.24, 2.45) is 0 Å². The maximum Gasteiger partial charge on any atom is 0.326 e. The molecule has 1 aliphatic heterocycles. The number of aryl methyl sites for hydroxylation is 2. The summed E-state index contributed by atoms with van der Waals surface area (Å²) in [4.78, 5) is 20.7. The zero-order valence-corrected chi connectivity index (χ0v) is 20.8. The van der Waals surface area contributed by atoms with Gasteiger partial charge in [-0.3, -0.25) is 4.90 Å². The fourth-order valence-electron chi connectivity index (χ4n) is 4.42. The molecule has 1 unspecified atom stereocenters. The predicted molar refractivity (Wildman–Crippen MR) is 137 cm³/mol. The Balaban J connectivity index is 1.64. The number of rotatable bonds is 6. The van der Waals surface area contributed by atoms with E-state index in [1.165, 1.54) is 0 Å². The molecule has 0 bridgehead atoms. The Kier molecular flexibility index (Phi) is 6.13. The van der Waals surface area contributed by atoms with Crippen molar-refractivity contribution in [1.82, 2.24) is 15.5 Å². The molecule has 0 saturated carbocycles. The van der Waals surface area contributed by atoms with Crippen molar-refractivity contribution in [3.63, 3.8) is 0 Å². The third kappa shape index (κ3) is 4.44. The van der Waals surface area contributed by atoms with Gasteiger partial charge in [0.15, 0.2) is 0 Å². The van der Waals surface area contributed by atoms with Crippen LogP contribution in [0.4, 0.5) is 10.5 Å². The molecular formula is C27H26N4O3S. The molecule has 8 heteroatoms. The van der Waals surface area contributed by atoms with Gasteiger partial charge in [-0.15, -0.1) is 11.3 Å². The van der Waals surface area contributed by atoms with E-state index in [1.54, 1.807) is 16.2 Å². The molecule has 0 spiro atoms. The largest absolute Gasteiger partial charge is 0.494 e. The van der Waals surface area contributed by atoms with E-state index in [1.807, 2.05) is 81.6 Å². The summed E-state index contributed by atoms with van der Waals surface area (Å²) in [6, 6.07) is 17.0. The molecule has 5 rings (SSSR count). The normalized spacial score (nSPS) is 15.9. The topological polar surface area (TPSA) is 80.5 Å². The third-order valence-electron chi connectivity index (χ3n) is 5.87. The fraction of sp³-hybridized carbons (Fsp3) is 0.222. The second-order valence-corrected chi connectivity index (χ2v) is 9.41. The Bertz CT molecular complexity index is 1370. The van der Waals surface area contributed by atoms with Crippen LogP contribution in [0.15, 0.2) is 70.2 Å². The van der Waals surface area contributed by atoms with E-state index in [4.69, 9.17) is 14.2 Å². The van der Waals surface area contributed by atoms with Crippen LogP contribution in [-0.4, -0.2) is 22.8 Å². The number of benzene rings is 2. The van der Waals surface area contributed by atoms with Crippen LogP contribution in [0.3, 0.4) is 0 Å². The molecule has 0 radical (unpaired) electrons. The number of thiophene rings is 1. The van der Waals surface area contributed by atoms with Crippen LogP contribution in [0.1, 0.15) is 42.5 Å². The highest BCUT2D eigenvalue weighted by Gasteiger charge is 2.36. The van der Waals surface area contributed by atoms with Gasteiger partial charge in [0.2, 0.25) is 5.82 Å². The lowest BCUT2D eigenvalue weighted by molar-refractivity contribution is 0.244. The van der Waals surface area contributed by atoms with E-state index < -0.39 is 6.04 Å². The molecule has 2 aromatic carbocycles. The number of carbonyl (C=O) groups is 1. The van der Waals surface area contributed by atoms with Gasteiger partial charge in [-0.2, -0.15) is 4.98 Å². The minimum Gasteiger partial charge on any atom is -0.494 e. The van der Waals surface area contributed by atoms with Crippen LogP contribution >= 0.6 is 11.3 Å². The average Bonchev–Trinajstić information content (AvgIpc) is 3.51. The van der Waals surface area contributed by atoms with Gasteiger partial charge in [0.1, 0.15) is 5.75 Å². The Hall–Kier alpha value is -3.91. The number of ether oxygens (including phenoxy) is 1. The number of urea groups is 1. The van der Waals surface area contributed by atoms with E-state index in [9.17, 15) is 4.79 Å². The average molecular weight is 487 g/mol. The van der Waals surface area contributed by atoms with Crippen LogP contribution in [0, 0.1) is 13.8 Å². The summed E-state index contributed by atoms with van der Waals surface area (Å²) in [5.74, 6) is 1.67. The number of amides is 2. The summed E-state index contributed by atoms with van der Waals surface area (Å²) in [7, 11) is 0. The zero-order chi connectivity index (χ0) is 24.5. The highest BCUT2D eigenvalue weighted by Crippen LogP contribution is 2.40. The van der Waals surface area contributed by atoms with Crippen LogP contribution in [0.2, 0.25) is 0 Å². The number of nitrogens with one attached hydrogen (secondary N) is 1. The Morgan fingerprint density at radius 1 is 1.09 bits per heavy atom. The van der Waals surface area contributed by atoms with Crippen molar-refractivity contribution in [3.8, 4) is 16.5 Å². The lowest BCUT2D eigenvalue weighted by Gasteiger charge is -2.35. The molecule has 178 valence electrons. The van der Waals surface area contributed by atoms with Gasteiger partial charge >= 0.3 is 6.03 Å². The van der Waals surface area contributed by atoms with Crippen molar-refractivity contribution >= 4 is 28.6 Å². The summed E-state index contributed by atoms with van der Waals surface area (Å²) in [6.45, 7) is 8.49. The number of anilines is 1. The summed E-state index contributed by atoms with van der Waals surface area (Å²) < 4.78 is 11.4. The maximum absolute atomic E-state index is 13.4. The van der Waals surface area contributed by atoms with Crippen LogP contribution in [-0.2, 0) is 0 Å². The highest BCUT2D eigenvalue weighted by molar-refractivity contribution is 7.13. The molecule has 7 nitrogen and oxygen atoms in total. The standard InChI is InChI=1S/C27H26N4O3S/c1-5-33-21-10-8-19(9-11-21)24-23(26-29-25(30-34-26)22-7-6-12-35-22)18(4)31(27(32)28-24)20-14-16(2)13-17(3)15-20/h6-15,24H,5H2,1-4H3,(H,28,32). The van der Waals surface area contributed by atoms with Crippen molar-refractivity contribution in [3.05, 3.63) is 88.3 Å². The van der Waals surface area contributed by atoms with Gasteiger partial charge in [0, 0.05) is 5.70 Å².